The number of hydrogen-bond acceptors (Lipinski definition) is 5. The first-order valence-corrected chi connectivity index (χ1v) is 9.31. The van der Waals surface area contributed by atoms with Crippen LogP contribution in [-0.4, -0.2) is 28.1 Å². The predicted molar refractivity (Wildman–Crippen MR) is 123 cm³/mol. The molecule has 0 aliphatic heterocycles. The maximum absolute atomic E-state index is 12.3. The first-order chi connectivity index (χ1) is 13.6. The maximum Gasteiger partial charge on any atom is 0.255 e. The quantitative estimate of drug-likeness (QED) is 0.430. The van der Waals surface area contributed by atoms with E-state index in [0.29, 0.717) is 0 Å². The summed E-state index contributed by atoms with van der Waals surface area (Å²) in [6.45, 7) is 5.43. The van der Waals surface area contributed by atoms with E-state index < -0.39 is 34.4 Å². The van der Waals surface area contributed by atoms with E-state index in [1.54, 1.807) is 24.3 Å². The zero-order chi connectivity index (χ0) is 22.1. The monoisotopic (exact) mass is 477 g/mol. The summed E-state index contributed by atoms with van der Waals surface area (Å²) in [5, 5.41) is 21.2. The molecule has 0 aliphatic rings. The lowest BCUT2D eigenvalue weighted by molar-refractivity contribution is -0.119. The lowest BCUT2D eigenvalue weighted by atomic mass is 10.0. The van der Waals surface area contributed by atoms with Crippen molar-refractivity contribution in [3.05, 3.63) is 69.8 Å². The van der Waals surface area contributed by atoms with Gasteiger partial charge in [-0.1, -0.05) is 67.0 Å². The van der Waals surface area contributed by atoms with Gasteiger partial charge in [0.15, 0.2) is 11.5 Å². The number of halogens is 3. The standard InChI is InChI=1S/C16H14Cl2N2O4.C4H9N.ClH.H2/c17-10-7-9(13(21)12(18)14(10)22)16(24)20-11(15(19)23)6-8-4-2-1-3-5-8;1-3-4(2)5;;/h1-5,7,11,21-22H,6H2,(H2,19,23)(H,20,24);2-3,5H2,1H3;2*1H/t11-;;;/m0.../s1. The van der Waals surface area contributed by atoms with E-state index in [9.17, 15) is 19.8 Å². The summed E-state index contributed by atoms with van der Waals surface area (Å²) >= 11 is 11.5. The van der Waals surface area contributed by atoms with Gasteiger partial charge in [-0.15, -0.1) is 12.4 Å². The molecular formula is C20H26Cl3N3O4. The van der Waals surface area contributed by atoms with E-state index in [-0.39, 0.29) is 30.8 Å². The fourth-order valence-electron chi connectivity index (χ4n) is 2.08. The van der Waals surface area contributed by atoms with Crippen molar-refractivity contribution in [3.8, 4) is 11.5 Å². The highest BCUT2D eigenvalue weighted by Crippen LogP contribution is 2.40. The van der Waals surface area contributed by atoms with E-state index in [1.807, 2.05) is 13.0 Å². The summed E-state index contributed by atoms with van der Waals surface area (Å²) in [7, 11) is 0. The van der Waals surface area contributed by atoms with Crippen LogP contribution in [0.15, 0.2) is 48.7 Å². The molecule has 2 aromatic rings. The molecule has 7 N–H and O–H groups in total. The van der Waals surface area contributed by atoms with Gasteiger partial charge in [0.1, 0.15) is 11.1 Å². The van der Waals surface area contributed by atoms with Crippen LogP contribution in [0, 0.1) is 0 Å². The third-order valence-electron chi connectivity index (χ3n) is 3.80. The molecule has 2 amide bonds. The van der Waals surface area contributed by atoms with Gasteiger partial charge in [-0.25, -0.2) is 0 Å². The molecule has 7 nitrogen and oxygen atoms in total. The number of nitrogens with two attached hydrogens (primary N) is 2. The predicted octanol–water partition coefficient (Wildman–Crippen LogP) is 3.77. The Morgan fingerprint density at radius 2 is 1.70 bits per heavy atom. The number of rotatable bonds is 6. The van der Waals surface area contributed by atoms with Crippen LogP contribution in [0.3, 0.4) is 0 Å². The van der Waals surface area contributed by atoms with Crippen molar-refractivity contribution in [1.29, 1.82) is 0 Å². The number of nitrogens with one attached hydrogen (secondary N) is 1. The van der Waals surface area contributed by atoms with Gasteiger partial charge in [-0.05, 0) is 18.1 Å². The molecule has 0 aliphatic carbocycles. The number of allylic oxidation sites excluding steroid dienone is 1. The van der Waals surface area contributed by atoms with E-state index in [1.165, 1.54) is 0 Å². The Morgan fingerprint density at radius 1 is 1.17 bits per heavy atom. The molecule has 1 atom stereocenters. The first-order valence-electron chi connectivity index (χ1n) is 8.55. The van der Waals surface area contributed by atoms with E-state index in [4.69, 9.17) is 34.7 Å². The number of phenolic OH excluding ortho intramolecular Hbond substituents is 2. The van der Waals surface area contributed by atoms with Crippen LogP contribution in [0.2, 0.25) is 10.0 Å². The van der Waals surface area contributed by atoms with Gasteiger partial charge >= 0.3 is 0 Å². The number of aromatic hydroxyl groups is 2. The van der Waals surface area contributed by atoms with Gasteiger partial charge in [-0.3, -0.25) is 9.59 Å². The summed E-state index contributed by atoms with van der Waals surface area (Å²) in [6.07, 6.45) is 1.07. The van der Waals surface area contributed by atoms with Crippen molar-refractivity contribution in [2.75, 3.05) is 0 Å². The third-order valence-corrected chi connectivity index (χ3v) is 4.44. The van der Waals surface area contributed by atoms with Crippen LogP contribution >= 0.6 is 35.6 Å². The van der Waals surface area contributed by atoms with Crippen LogP contribution in [0.5, 0.6) is 11.5 Å². The molecule has 0 spiro atoms. The minimum atomic E-state index is -0.995. The second kappa shape index (κ2) is 12.8. The molecule has 10 heteroatoms. The van der Waals surface area contributed by atoms with Gasteiger partial charge in [-0.2, -0.15) is 0 Å². The molecule has 0 bridgehead atoms. The van der Waals surface area contributed by atoms with Crippen molar-refractivity contribution in [3.63, 3.8) is 0 Å². The van der Waals surface area contributed by atoms with Crippen molar-refractivity contribution in [1.82, 2.24) is 5.32 Å². The van der Waals surface area contributed by atoms with Crippen molar-refractivity contribution in [2.24, 2.45) is 11.5 Å². The van der Waals surface area contributed by atoms with Gasteiger partial charge in [0.25, 0.3) is 5.91 Å². The minimum Gasteiger partial charge on any atom is -0.505 e. The van der Waals surface area contributed by atoms with Gasteiger partial charge in [0.05, 0.1) is 10.6 Å². The summed E-state index contributed by atoms with van der Waals surface area (Å²) in [6, 6.07) is 9.03. The van der Waals surface area contributed by atoms with Crippen LogP contribution in [0.1, 0.15) is 30.7 Å². The fraction of sp³-hybridized carbons (Fsp3) is 0.200. The second-order valence-electron chi connectivity index (χ2n) is 6.05. The number of primary amides is 1. The van der Waals surface area contributed by atoms with Gasteiger partial charge < -0.3 is 27.0 Å². The molecule has 0 radical (unpaired) electrons. The Hall–Kier alpha value is -2.61. The number of hydrogen-bond donors (Lipinski definition) is 5. The summed E-state index contributed by atoms with van der Waals surface area (Å²) in [5.74, 6) is -2.71. The second-order valence-corrected chi connectivity index (χ2v) is 6.83. The highest BCUT2D eigenvalue weighted by Gasteiger charge is 2.24. The SMILES string of the molecule is C=C(N)CC.Cl.NC(=O)[C@H](Cc1ccccc1)NC(=O)c1cc(Cl)c(O)c(Cl)c1O.[HH]. The highest BCUT2D eigenvalue weighted by atomic mass is 35.5. The van der Waals surface area contributed by atoms with Crippen LogP contribution < -0.4 is 16.8 Å². The molecule has 2 rings (SSSR count). The largest absolute Gasteiger partial charge is 0.505 e. The molecule has 0 aromatic heterocycles. The maximum atomic E-state index is 12.3. The van der Waals surface area contributed by atoms with Crippen LogP contribution in [0.4, 0.5) is 0 Å². The van der Waals surface area contributed by atoms with E-state index >= 15 is 0 Å². The Labute approximate surface area is 192 Å². The Kier molecular flexibility index (Phi) is 11.7. The van der Waals surface area contributed by atoms with Crippen LogP contribution in [-0.2, 0) is 11.2 Å². The molecular weight excluding hydrogens is 453 g/mol. The Morgan fingerprint density at radius 3 is 2.17 bits per heavy atom. The number of carbonyl (C=O) groups is 2. The Bertz CT molecular complexity index is 899. The first kappa shape index (κ1) is 27.4. The average molecular weight is 479 g/mol. The number of amides is 2. The Balaban J connectivity index is 0. The number of phenols is 2. The summed E-state index contributed by atoms with van der Waals surface area (Å²) in [4.78, 5) is 23.9. The fourth-order valence-corrected chi connectivity index (χ4v) is 2.54. The average Bonchev–Trinajstić information content (AvgIpc) is 2.69. The van der Waals surface area contributed by atoms with Crippen LogP contribution in [0.25, 0.3) is 0 Å². The molecule has 166 valence electrons. The smallest absolute Gasteiger partial charge is 0.255 e. The zero-order valence-electron chi connectivity index (χ0n) is 16.2. The molecule has 0 fully saturated rings. The lowest BCUT2D eigenvalue weighted by Crippen LogP contribution is -2.45. The topological polar surface area (TPSA) is 139 Å². The normalized spacial score (nSPS) is 10.6. The van der Waals surface area contributed by atoms with Gasteiger partial charge in [0, 0.05) is 13.5 Å². The molecule has 0 heterocycles. The van der Waals surface area contributed by atoms with Crippen molar-refractivity contribution < 1.29 is 21.2 Å². The summed E-state index contributed by atoms with van der Waals surface area (Å²) in [5.41, 5.74) is 11.7. The zero-order valence-corrected chi connectivity index (χ0v) is 18.5. The molecule has 0 saturated carbocycles. The minimum absolute atomic E-state index is 0. The molecule has 2 aromatic carbocycles. The highest BCUT2D eigenvalue weighted by molar-refractivity contribution is 6.38. The van der Waals surface area contributed by atoms with E-state index in [0.717, 1.165) is 23.7 Å². The molecule has 0 unspecified atom stereocenters. The molecule has 30 heavy (non-hydrogen) atoms. The third kappa shape index (κ3) is 8.02. The van der Waals surface area contributed by atoms with E-state index in [2.05, 4.69) is 11.9 Å². The lowest BCUT2D eigenvalue weighted by Gasteiger charge is -2.17. The van der Waals surface area contributed by atoms with Crippen molar-refractivity contribution in [2.45, 2.75) is 25.8 Å². The number of benzene rings is 2. The number of carbonyl (C=O) groups excluding carboxylic acids is 2. The molecule has 0 saturated heterocycles. The van der Waals surface area contributed by atoms with Crippen molar-refractivity contribution >= 4 is 47.4 Å². The summed E-state index contributed by atoms with van der Waals surface area (Å²) < 4.78 is 0. The van der Waals surface area contributed by atoms with Gasteiger partial charge in [0.2, 0.25) is 5.91 Å².